The van der Waals surface area contributed by atoms with Crippen LogP contribution in [0.25, 0.3) is 6.08 Å². The predicted molar refractivity (Wildman–Crippen MR) is 154 cm³/mol. The van der Waals surface area contributed by atoms with Gasteiger partial charge in [0.15, 0.2) is 18.1 Å². The van der Waals surface area contributed by atoms with Gasteiger partial charge in [-0.2, -0.15) is 0 Å². The summed E-state index contributed by atoms with van der Waals surface area (Å²) in [6.45, 7) is 1.86. The standard InChI is InChI=1S/C27H21BrIN3O6/c1-2-37-22-14-16(13-21(29)24(22)38-15-23(33)30-18-6-4-3-5-7-18)12-20-25(34)31-27(36)32(26(20)35)19-10-8-17(28)9-11-19/h3-14H,2,15H2,1H3,(H,30,33)(H,31,34,36)/b20-12+. The van der Waals surface area contributed by atoms with Gasteiger partial charge in [-0.1, -0.05) is 34.1 Å². The van der Waals surface area contributed by atoms with Crippen LogP contribution in [-0.4, -0.2) is 37.0 Å². The second-order valence-corrected chi connectivity index (χ2v) is 9.98. The second kappa shape index (κ2) is 12.2. The minimum atomic E-state index is -0.832. The van der Waals surface area contributed by atoms with Crippen molar-refractivity contribution in [3.63, 3.8) is 0 Å². The van der Waals surface area contributed by atoms with Gasteiger partial charge in [0.1, 0.15) is 5.57 Å². The van der Waals surface area contributed by atoms with Crippen LogP contribution in [0.15, 0.2) is 76.8 Å². The summed E-state index contributed by atoms with van der Waals surface area (Å²) in [4.78, 5) is 51.5. The van der Waals surface area contributed by atoms with E-state index >= 15 is 0 Å². The molecular weight excluding hydrogens is 669 g/mol. The first-order chi connectivity index (χ1) is 18.3. The number of benzene rings is 3. The van der Waals surface area contributed by atoms with E-state index in [4.69, 9.17) is 9.47 Å². The average Bonchev–Trinajstić information content (AvgIpc) is 2.88. The number of urea groups is 1. The molecule has 9 nitrogen and oxygen atoms in total. The van der Waals surface area contributed by atoms with Crippen LogP contribution in [0.4, 0.5) is 16.2 Å². The molecule has 1 aliphatic heterocycles. The van der Waals surface area contributed by atoms with Crippen LogP contribution in [0.1, 0.15) is 12.5 Å². The fourth-order valence-electron chi connectivity index (χ4n) is 3.58. The number of hydrogen-bond donors (Lipinski definition) is 2. The maximum absolute atomic E-state index is 13.2. The molecule has 0 atom stereocenters. The quantitative estimate of drug-likeness (QED) is 0.193. The van der Waals surface area contributed by atoms with Crippen molar-refractivity contribution < 1.29 is 28.7 Å². The van der Waals surface area contributed by atoms with Gasteiger partial charge >= 0.3 is 6.03 Å². The van der Waals surface area contributed by atoms with Crippen molar-refractivity contribution >= 4 is 79.7 Å². The highest BCUT2D eigenvalue weighted by atomic mass is 127. The fourth-order valence-corrected chi connectivity index (χ4v) is 4.62. The van der Waals surface area contributed by atoms with E-state index in [9.17, 15) is 19.2 Å². The zero-order valence-corrected chi connectivity index (χ0v) is 23.7. The molecule has 5 amide bonds. The van der Waals surface area contributed by atoms with Crippen molar-refractivity contribution in [2.45, 2.75) is 6.92 Å². The van der Waals surface area contributed by atoms with E-state index in [0.29, 0.717) is 38.6 Å². The smallest absolute Gasteiger partial charge is 0.335 e. The highest BCUT2D eigenvalue weighted by molar-refractivity contribution is 14.1. The van der Waals surface area contributed by atoms with Crippen molar-refractivity contribution in [1.29, 1.82) is 0 Å². The van der Waals surface area contributed by atoms with Crippen LogP contribution < -0.4 is 25.0 Å². The number of halogens is 2. The third-order valence-corrected chi connectivity index (χ3v) is 6.56. The van der Waals surface area contributed by atoms with Gasteiger partial charge in [-0.3, -0.25) is 19.7 Å². The molecule has 3 aromatic carbocycles. The van der Waals surface area contributed by atoms with Crippen LogP contribution in [0.3, 0.4) is 0 Å². The van der Waals surface area contributed by atoms with Crippen molar-refractivity contribution in [1.82, 2.24) is 5.32 Å². The number of barbiturate groups is 1. The zero-order valence-electron chi connectivity index (χ0n) is 20.0. The van der Waals surface area contributed by atoms with Gasteiger partial charge in [0.05, 0.1) is 15.9 Å². The van der Waals surface area contributed by atoms with Crippen LogP contribution in [-0.2, 0) is 14.4 Å². The Morgan fingerprint density at radius 2 is 1.76 bits per heavy atom. The number of anilines is 2. The largest absolute Gasteiger partial charge is 0.490 e. The van der Waals surface area contributed by atoms with Crippen LogP contribution in [0.2, 0.25) is 0 Å². The monoisotopic (exact) mass is 689 g/mol. The van der Waals surface area contributed by atoms with E-state index < -0.39 is 17.8 Å². The van der Waals surface area contributed by atoms with Gasteiger partial charge in [0, 0.05) is 10.2 Å². The van der Waals surface area contributed by atoms with E-state index in [1.807, 2.05) is 40.8 Å². The molecule has 1 fully saturated rings. The summed E-state index contributed by atoms with van der Waals surface area (Å²) in [5, 5.41) is 4.96. The number of amides is 5. The lowest BCUT2D eigenvalue weighted by molar-refractivity contribution is -0.122. The molecule has 38 heavy (non-hydrogen) atoms. The van der Waals surface area contributed by atoms with E-state index in [1.54, 1.807) is 55.5 Å². The van der Waals surface area contributed by atoms with Gasteiger partial charge < -0.3 is 14.8 Å². The number of carbonyl (C=O) groups is 4. The van der Waals surface area contributed by atoms with Gasteiger partial charge in [-0.25, -0.2) is 9.69 Å². The number of rotatable bonds is 8. The van der Waals surface area contributed by atoms with E-state index in [1.165, 1.54) is 6.08 Å². The lowest BCUT2D eigenvalue weighted by atomic mass is 10.1. The third kappa shape index (κ3) is 6.40. The Kier molecular flexibility index (Phi) is 8.79. The Hall–Kier alpha value is -3.71. The van der Waals surface area contributed by atoms with Gasteiger partial charge in [-0.15, -0.1) is 0 Å². The molecule has 2 N–H and O–H groups in total. The maximum atomic E-state index is 13.2. The topological polar surface area (TPSA) is 114 Å². The molecule has 0 aromatic heterocycles. The van der Waals surface area contributed by atoms with Crippen molar-refractivity contribution in [2.24, 2.45) is 0 Å². The summed E-state index contributed by atoms with van der Waals surface area (Å²) in [7, 11) is 0. The minimum absolute atomic E-state index is 0.221. The van der Waals surface area contributed by atoms with Crippen LogP contribution in [0.5, 0.6) is 11.5 Å². The molecule has 1 aliphatic rings. The minimum Gasteiger partial charge on any atom is -0.490 e. The van der Waals surface area contributed by atoms with E-state index in [2.05, 4.69) is 26.6 Å². The summed E-state index contributed by atoms with van der Waals surface area (Å²) in [6, 6.07) is 18.0. The van der Waals surface area contributed by atoms with Crippen molar-refractivity contribution in [3.05, 3.63) is 85.9 Å². The van der Waals surface area contributed by atoms with Gasteiger partial charge in [-0.05, 0) is 89.7 Å². The number of nitrogens with one attached hydrogen (secondary N) is 2. The Morgan fingerprint density at radius 3 is 2.45 bits per heavy atom. The van der Waals surface area contributed by atoms with Crippen LogP contribution >= 0.6 is 38.5 Å². The highest BCUT2D eigenvalue weighted by Gasteiger charge is 2.36. The number of para-hydroxylation sites is 1. The highest BCUT2D eigenvalue weighted by Crippen LogP contribution is 2.35. The summed E-state index contributed by atoms with van der Waals surface area (Å²) >= 11 is 5.34. The molecule has 0 saturated carbocycles. The molecule has 4 rings (SSSR count). The zero-order chi connectivity index (χ0) is 27.2. The van der Waals surface area contributed by atoms with E-state index in [-0.39, 0.29) is 18.1 Å². The Morgan fingerprint density at radius 1 is 1.05 bits per heavy atom. The molecule has 0 radical (unpaired) electrons. The average molecular weight is 690 g/mol. The third-order valence-electron chi connectivity index (χ3n) is 5.23. The van der Waals surface area contributed by atoms with Gasteiger partial charge in [0.2, 0.25) is 0 Å². The Bertz CT molecular complexity index is 1430. The first kappa shape index (κ1) is 27.3. The SMILES string of the molecule is CCOc1cc(/C=C2\C(=O)NC(=O)N(c3ccc(Br)cc3)C2=O)cc(I)c1OCC(=O)Nc1ccccc1. The normalized spacial score (nSPS) is 14.3. The molecule has 3 aromatic rings. The first-order valence-electron chi connectivity index (χ1n) is 11.4. The molecule has 0 spiro atoms. The lowest BCUT2D eigenvalue weighted by Crippen LogP contribution is -2.54. The number of nitrogens with zero attached hydrogens (tertiary/aromatic N) is 1. The molecule has 0 unspecified atom stereocenters. The number of carbonyl (C=O) groups excluding carboxylic acids is 4. The lowest BCUT2D eigenvalue weighted by Gasteiger charge is -2.26. The number of hydrogen-bond acceptors (Lipinski definition) is 6. The van der Waals surface area contributed by atoms with Crippen molar-refractivity contribution in [2.75, 3.05) is 23.4 Å². The molecule has 0 aliphatic carbocycles. The second-order valence-electron chi connectivity index (χ2n) is 7.90. The first-order valence-corrected chi connectivity index (χ1v) is 13.2. The molecule has 1 saturated heterocycles. The Labute approximate surface area is 240 Å². The number of ether oxygens (including phenoxy) is 2. The van der Waals surface area contributed by atoms with E-state index in [0.717, 1.165) is 9.37 Å². The maximum Gasteiger partial charge on any atom is 0.335 e. The summed E-state index contributed by atoms with van der Waals surface area (Å²) in [5.41, 5.74) is 1.22. The Balaban J connectivity index is 1.58. The molecular formula is C27H21BrIN3O6. The fraction of sp³-hybridized carbons (Fsp3) is 0.111. The van der Waals surface area contributed by atoms with Gasteiger partial charge in [0.25, 0.3) is 17.7 Å². The number of imide groups is 2. The predicted octanol–water partition coefficient (Wildman–Crippen LogP) is 5.14. The molecule has 194 valence electrons. The summed E-state index contributed by atoms with van der Waals surface area (Å²) in [5.74, 6) is -1.22. The molecule has 1 heterocycles. The summed E-state index contributed by atoms with van der Waals surface area (Å²) in [6.07, 6.45) is 1.38. The van der Waals surface area contributed by atoms with Crippen molar-refractivity contribution in [3.8, 4) is 11.5 Å². The molecule has 11 heteroatoms. The summed E-state index contributed by atoms with van der Waals surface area (Å²) < 4.78 is 12.9. The van der Waals surface area contributed by atoms with Crippen LogP contribution in [0, 0.1) is 3.57 Å². The molecule has 0 bridgehead atoms.